The summed E-state index contributed by atoms with van der Waals surface area (Å²) in [5, 5.41) is 3.73. The summed E-state index contributed by atoms with van der Waals surface area (Å²) >= 11 is 19.7. The number of amides is 2. The molecule has 4 rings (SSSR count). The number of sulfonamides is 1. The van der Waals surface area contributed by atoms with E-state index in [0.717, 1.165) is 15.4 Å². The Kier molecular flexibility index (Phi) is 11.4. The molecule has 2 amide bonds. The number of nitrogens with one attached hydrogen (secondary N) is 1. The minimum absolute atomic E-state index is 0.0159. The first-order chi connectivity index (χ1) is 21.7. The molecule has 1 N–H and O–H groups in total. The maximum absolute atomic E-state index is 14.6. The number of hydrogen-bond donors (Lipinski definition) is 1. The first-order valence-electron chi connectivity index (χ1n) is 14.6. The molecule has 1 atom stereocenters. The first-order valence-corrected chi connectivity index (χ1v) is 17.2. The zero-order chi connectivity index (χ0) is 33.6. The Balaban J connectivity index is 1.86. The fourth-order valence-electron chi connectivity index (χ4n) is 4.87. The molecule has 0 aliphatic carbocycles. The highest BCUT2D eigenvalue weighted by Gasteiger charge is 2.36. The van der Waals surface area contributed by atoms with Crippen molar-refractivity contribution in [2.45, 2.75) is 57.1 Å². The highest BCUT2D eigenvalue weighted by atomic mass is 35.5. The standard InChI is InChI=1S/C35H36Cl3N3O4S/c1-24-17-19-26(20-18-24)46(44,45)41(31-16-9-8-13-30(31)38)23-33(42)40(22-27-28(36)14-10-15-29(27)37)32(34(43)39-35(2,3)4)21-25-11-6-5-7-12-25/h5-20,32H,21-23H2,1-4H3,(H,39,43)/t32-/m0/s1. The Morgan fingerprint density at radius 3 is 1.93 bits per heavy atom. The molecular formula is C35H36Cl3N3O4S. The summed E-state index contributed by atoms with van der Waals surface area (Å²) in [6.45, 7) is 6.56. The van der Waals surface area contributed by atoms with E-state index in [-0.39, 0.29) is 28.6 Å². The Bertz CT molecular complexity index is 1770. The van der Waals surface area contributed by atoms with Crippen LogP contribution in [0.1, 0.15) is 37.5 Å². The van der Waals surface area contributed by atoms with Gasteiger partial charge in [-0.3, -0.25) is 13.9 Å². The van der Waals surface area contributed by atoms with Gasteiger partial charge in [0.2, 0.25) is 11.8 Å². The molecule has 0 aliphatic rings. The number of aryl methyl sites for hydroxylation is 1. The number of hydrogen-bond acceptors (Lipinski definition) is 4. The number of carbonyl (C=O) groups excluding carboxylic acids is 2. The molecule has 0 heterocycles. The zero-order valence-corrected chi connectivity index (χ0v) is 29.1. The van der Waals surface area contributed by atoms with Crippen LogP contribution in [0.15, 0.2) is 102 Å². The predicted molar refractivity (Wildman–Crippen MR) is 186 cm³/mol. The third kappa shape index (κ3) is 8.82. The molecule has 0 spiro atoms. The smallest absolute Gasteiger partial charge is 0.264 e. The zero-order valence-electron chi connectivity index (χ0n) is 26.0. The maximum atomic E-state index is 14.6. The monoisotopic (exact) mass is 699 g/mol. The van der Waals surface area contributed by atoms with Crippen LogP contribution in [0.2, 0.25) is 15.1 Å². The number of para-hydroxylation sites is 1. The van der Waals surface area contributed by atoms with Gasteiger partial charge in [0.05, 0.1) is 15.6 Å². The number of nitrogens with zero attached hydrogens (tertiary/aromatic N) is 2. The van der Waals surface area contributed by atoms with Crippen molar-refractivity contribution in [1.29, 1.82) is 0 Å². The summed E-state index contributed by atoms with van der Waals surface area (Å²) < 4.78 is 29.3. The molecule has 0 bridgehead atoms. The van der Waals surface area contributed by atoms with Crippen LogP contribution in [0.3, 0.4) is 0 Å². The van der Waals surface area contributed by atoms with Crippen molar-refractivity contribution in [2.75, 3.05) is 10.8 Å². The van der Waals surface area contributed by atoms with Crippen molar-refractivity contribution in [3.8, 4) is 0 Å². The van der Waals surface area contributed by atoms with Crippen molar-refractivity contribution in [1.82, 2.24) is 10.2 Å². The largest absolute Gasteiger partial charge is 0.350 e. The van der Waals surface area contributed by atoms with E-state index in [1.807, 2.05) is 58.0 Å². The Labute approximate surface area is 286 Å². The maximum Gasteiger partial charge on any atom is 0.264 e. The van der Waals surface area contributed by atoms with Gasteiger partial charge in [-0.15, -0.1) is 0 Å². The fourth-order valence-corrected chi connectivity index (χ4v) is 7.10. The second-order valence-corrected chi connectivity index (χ2v) is 15.0. The fraction of sp³-hybridized carbons (Fsp3) is 0.257. The number of halogens is 3. The van der Waals surface area contributed by atoms with E-state index in [9.17, 15) is 18.0 Å². The molecule has 0 unspecified atom stereocenters. The van der Waals surface area contributed by atoms with Crippen LogP contribution < -0.4 is 9.62 Å². The average Bonchev–Trinajstić information content (AvgIpc) is 2.99. The molecule has 0 radical (unpaired) electrons. The van der Waals surface area contributed by atoms with Gasteiger partial charge >= 0.3 is 0 Å². The molecule has 11 heteroatoms. The molecule has 46 heavy (non-hydrogen) atoms. The highest BCUT2D eigenvalue weighted by Crippen LogP contribution is 2.32. The average molecular weight is 701 g/mol. The van der Waals surface area contributed by atoms with Crippen LogP contribution in [0.5, 0.6) is 0 Å². The summed E-state index contributed by atoms with van der Waals surface area (Å²) in [6.07, 6.45) is 0.146. The van der Waals surface area contributed by atoms with Gasteiger partial charge in [-0.05, 0) is 69.7 Å². The van der Waals surface area contributed by atoms with E-state index in [1.165, 1.54) is 23.1 Å². The SMILES string of the molecule is Cc1ccc(S(=O)(=O)N(CC(=O)N(Cc2c(Cl)cccc2Cl)[C@@H](Cc2ccccc2)C(=O)NC(C)(C)C)c2ccccc2Cl)cc1. The van der Waals surface area contributed by atoms with Gasteiger partial charge < -0.3 is 10.2 Å². The van der Waals surface area contributed by atoms with Crippen molar-refractivity contribution >= 4 is 62.3 Å². The number of rotatable bonds is 11. The van der Waals surface area contributed by atoms with E-state index < -0.39 is 40.0 Å². The van der Waals surface area contributed by atoms with E-state index in [0.29, 0.717) is 15.6 Å². The third-order valence-corrected chi connectivity index (χ3v) is 9.97. The highest BCUT2D eigenvalue weighted by molar-refractivity contribution is 7.92. The minimum atomic E-state index is -4.30. The minimum Gasteiger partial charge on any atom is -0.350 e. The van der Waals surface area contributed by atoms with E-state index in [4.69, 9.17) is 34.8 Å². The molecule has 0 fully saturated rings. The topological polar surface area (TPSA) is 86.8 Å². The Morgan fingerprint density at radius 2 is 1.35 bits per heavy atom. The number of benzene rings is 4. The predicted octanol–water partition coefficient (Wildman–Crippen LogP) is 7.71. The Morgan fingerprint density at radius 1 is 0.783 bits per heavy atom. The van der Waals surface area contributed by atoms with Crippen molar-refractivity contribution in [3.63, 3.8) is 0 Å². The van der Waals surface area contributed by atoms with Crippen molar-refractivity contribution in [3.05, 3.63) is 129 Å². The third-order valence-electron chi connectivity index (χ3n) is 7.17. The second-order valence-electron chi connectivity index (χ2n) is 11.9. The molecule has 0 saturated heterocycles. The molecule has 242 valence electrons. The second kappa shape index (κ2) is 14.9. The lowest BCUT2D eigenvalue weighted by molar-refractivity contribution is -0.140. The van der Waals surface area contributed by atoms with Crippen LogP contribution in [-0.4, -0.2) is 43.3 Å². The quantitative estimate of drug-likeness (QED) is 0.174. The van der Waals surface area contributed by atoms with E-state index in [1.54, 1.807) is 48.5 Å². The lowest BCUT2D eigenvalue weighted by atomic mass is 10.0. The van der Waals surface area contributed by atoms with E-state index >= 15 is 0 Å². The lowest BCUT2D eigenvalue weighted by Crippen LogP contribution is -2.56. The number of carbonyl (C=O) groups is 2. The molecule has 0 aliphatic heterocycles. The van der Waals surface area contributed by atoms with Crippen molar-refractivity contribution < 1.29 is 18.0 Å². The number of anilines is 1. The summed E-state index contributed by atoms with van der Waals surface area (Å²) in [5.41, 5.74) is 1.59. The van der Waals surface area contributed by atoms with Gasteiger partial charge in [0.15, 0.2) is 0 Å². The van der Waals surface area contributed by atoms with Gasteiger partial charge in [-0.25, -0.2) is 8.42 Å². The normalized spacial score (nSPS) is 12.3. The molecule has 0 aromatic heterocycles. The summed E-state index contributed by atoms with van der Waals surface area (Å²) in [7, 11) is -4.30. The Hall–Kier alpha value is -3.56. The van der Waals surface area contributed by atoms with E-state index in [2.05, 4.69) is 5.32 Å². The van der Waals surface area contributed by atoms with Crippen molar-refractivity contribution in [2.24, 2.45) is 0 Å². The van der Waals surface area contributed by atoms with Gasteiger partial charge in [0.25, 0.3) is 10.0 Å². The van der Waals surface area contributed by atoms with Crippen LogP contribution in [0, 0.1) is 6.92 Å². The van der Waals surface area contributed by atoms with Crippen LogP contribution in [0.4, 0.5) is 5.69 Å². The van der Waals surface area contributed by atoms with Gasteiger partial charge in [0.1, 0.15) is 12.6 Å². The summed E-state index contributed by atoms with van der Waals surface area (Å²) in [4.78, 5) is 29.9. The van der Waals surface area contributed by atoms with Gasteiger partial charge in [-0.2, -0.15) is 0 Å². The van der Waals surface area contributed by atoms with Crippen LogP contribution >= 0.6 is 34.8 Å². The molecule has 4 aromatic carbocycles. The lowest BCUT2D eigenvalue weighted by Gasteiger charge is -2.35. The molecule has 7 nitrogen and oxygen atoms in total. The summed E-state index contributed by atoms with van der Waals surface area (Å²) in [5.74, 6) is -1.07. The first kappa shape index (κ1) is 35.3. The van der Waals surface area contributed by atoms with Crippen LogP contribution in [0.25, 0.3) is 0 Å². The molecular weight excluding hydrogens is 665 g/mol. The molecule has 0 saturated carbocycles. The molecule has 4 aromatic rings. The van der Waals surface area contributed by atoms with Gasteiger partial charge in [0, 0.05) is 34.1 Å². The summed E-state index contributed by atoms with van der Waals surface area (Å²) in [6, 6.07) is 25.9. The van der Waals surface area contributed by atoms with Gasteiger partial charge in [-0.1, -0.05) is 101 Å². The van der Waals surface area contributed by atoms with Crippen LogP contribution in [-0.2, 0) is 32.6 Å².